The van der Waals surface area contributed by atoms with E-state index in [0.717, 1.165) is 0 Å². The highest BCUT2D eigenvalue weighted by Gasteiger charge is 2.45. The van der Waals surface area contributed by atoms with Crippen molar-refractivity contribution in [2.45, 2.75) is 11.2 Å². The van der Waals surface area contributed by atoms with Crippen LogP contribution in [0.5, 0.6) is 0 Å². The molecule has 2 rings (SSSR count). The summed E-state index contributed by atoms with van der Waals surface area (Å²) in [5.41, 5.74) is 1.03. The molecule has 0 aliphatic carbocycles. The quantitative estimate of drug-likeness (QED) is 0.733. The summed E-state index contributed by atoms with van der Waals surface area (Å²) >= 11 is 9.29. The maximum Gasteiger partial charge on any atom is 0.265 e. The Hall–Kier alpha value is -0.940. The summed E-state index contributed by atoms with van der Waals surface area (Å²) < 4.78 is 12.0. The van der Waals surface area contributed by atoms with E-state index in [0.29, 0.717) is 11.3 Å². The molecule has 0 saturated heterocycles. The number of hydrogen-bond acceptors (Lipinski definition) is 2. The Morgan fingerprint density at radius 2 is 2.18 bits per heavy atom. The molecule has 1 aromatic carbocycles. The van der Waals surface area contributed by atoms with Gasteiger partial charge in [-0.3, -0.25) is 4.79 Å². The molecule has 0 bridgehead atoms. The molecule has 1 atom stereocenters. The second-order valence-corrected chi connectivity index (χ2v) is 5.90. The van der Waals surface area contributed by atoms with Gasteiger partial charge in [0.2, 0.25) is 0 Å². The van der Waals surface area contributed by atoms with Crippen molar-refractivity contribution >= 4 is 39.1 Å². The minimum absolute atomic E-state index is 0.187. The highest BCUT2D eigenvalue weighted by atomic mass is 79.9. The van der Waals surface area contributed by atoms with E-state index in [1.54, 1.807) is 14.0 Å². The zero-order valence-corrected chi connectivity index (χ0v) is 11.5. The van der Waals surface area contributed by atoms with Gasteiger partial charge in [0.15, 0.2) is 0 Å². The summed E-state index contributed by atoms with van der Waals surface area (Å²) in [5, 5.41) is 5.60. The molecule has 0 spiro atoms. The number of hydrazone groups is 1. The number of halogens is 3. The van der Waals surface area contributed by atoms with Crippen molar-refractivity contribution in [1.29, 1.82) is 0 Å². The molecular weight excluding hydrogens is 310 g/mol. The third-order valence-corrected chi connectivity index (χ3v) is 3.60. The van der Waals surface area contributed by atoms with Crippen LogP contribution in [0.1, 0.15) is 12.5 Å². The third kappa shape index (κ3) is 1.98. The standard InChI is InChI=1S/C11H9BrClFN2O/c1-11(12)9(15-16(2)10(11)17)7-4-3-6(14)5-8(7)13/h3-5H,1-2H3. The first-order valence-electron chi connectivity index (χ1n) is 4.85. The molecular formula is C11H9BrClFN2O. The van der Waals surface area contributed by atoms with Gasteiger partial charge in [0.05, 0.1) is 10.7 Å². The first-order chi connectivity index (χ1) is 7.84. The lowest BCUT2D eigenvalue weighted by molar-refractivity contribution is -0.128. The third-order valence-electron chi connectivity index (χ3n) is 2.58. The molecule has 0 saturated carbocycles. The summed E-state index contributed by atoms with van der Waals surface area (Å²) in [7, 11) is 1.56. The second-order valence-electron chi connectivity index (χ2n) is 3.90. The maximum absolute atomic E-state index is 13.0. The first kappa shape index (κ1) is 12.5. The Kier molecular flexibility index (Phi) is 2.99. The van der Waals surface area contributed by atoms with Gasteiger partial charge in [-0.05, 0) is 25.1 Å². The van der Waals surface area contributed by atoms with Crippen LogP contribution in [-0.2, 0) is 4.79 Å². The summed E-state index contributed by atoms with van der Waals surface area (Å²) in [6, 6.07) is 4.00. The lowest BCUT2D eigenvalue weighted by atomic mass is 9.98. The lowest BCUT2D eigenvalue weighted by Gasteiger charge is -2.16. The average Bonchev–Trinajstić information content (AvgIpc) is 2.43. The fourth-order valence-electron chi connectivity index (χ4n) is 1.68. The number of rotatable bonds is 1. The molecule has 1 amide bonds. The summed E-state index contributed by atoms with van der Waals surface area (Å²) in [5.74, 6) is -0.610. The van der Waals surface area contributed by atoms with Crippen LogP contribution < -0.4 is 0 Å². The average molecular weight is 320 g/mol. The van der Waals surface area contributed by atoms with E-state index < -0.39 is 10.1 Å². The molecule has 1 aliphatic heterocycles. The van der Waals surface area contributed by atoms with Crippen molar-refractivity contribution in [3.05, 3.63) is 34.6 Å². The van der Waals surface area contributed by atoms with Gasteiger partial charge in [-0.2, -0.15) is 5.10 Å². The fraction of sp³-hybridized carbons (Fsp3) is 0.273. The topological polar surface area (TPSA) is 32.7 Å². The number of carbonyl (C=O) groups excluding carboxylic acids is 1. The largest absolute Gasteiger partial charge is 0.271 e. The van der Waals surface area contributed by atoms with Crippen molar-refractivity contribution in [3.63, 3.8) is 0 Å². The second kappa shape index (κ2) is 4.07. The molecule has 6 heteroatoms. The molecule has 1 unspecified atom stereocenters. The SMILES string of the molecule is CN1N=C(c2ccc(F)cc2Cl)C(C)(Br)C1=O. The monoisotopic (exact) mass is 318 g/mol. The van der Waals surface area contributed by atoms with Gasteiger partial charge in [0.1, 0.15) is 10.1 Å². The van der Waals surface area contributed by atoms with E-state index in [2.05, 4.69) is 21.0 Å². The van der Waals surface area contributed by atoms with E-state index in [4.69, 9.17) is 11.6 Å². The van der Waals surface area contributed by atoms with Crippen LogP contribution in [0.15, 0.2) is 23.3 Å². The highest BCUT2D eigenvalue weighted by Crippen LogP contribution is 2.34. The van der Waals surface area contributed by atoms with Crippen LogP contribution in [0, 0.1) is 5.82 Å². The maximum atomic E-state index is 13.0. The van der Waals surface area contributed by atoms with Gasteiger partial charge < -0.3 is 0 Å². The molecule has 1 heterocycles. The van der Waals surface area contributed by atoms with Crippen LogP contribution in [0.25, 0.3) is 0 Å². The van der Waals surface area contributed by atoms with Gasteiger partial charge >= 0.3 is 0 Å². The van der Waals surface area contributed by atoms with Crippen LogP contribution in [0.4, 0.5) is 4.39 Å². The first-order valence-corrected chi connectivity index (χ1v) is 6.02. The van der Waals surface area contributed by atoms with E-state index >= 15 is 0 Å². The molecule has 0 radical (unpaired) electrons. The van der Waals surface area contributed by atoms with Gasteiger partial charge in [-0.1, -0.05) is 27.5 Å². The van der Waals surface area contributed by atoms with Crippen molar-refractivity contribution in [3.8, 4) is 0 Å². The van der Waals surface area contributed by atoms with Gasteiger partial charge in [0.25, 0.3) is 5.91 Å². The zero-order chi connectivity index (χ0) is 12.8. The Morgan fingerprint density at radius 3 is 2.65 bits per heavy atom. The summed E-state index contributed by atoms with van der Waals surface area (Å²) in [6.07, 6.45) is 0. The van der Waals surface area contributed by atoms with E-state index in [-0.39, 0.29) is 10.9 Å². The van der Waals surface area contributed by atoms with Crippen molar-refractivity contribution in [2.24, 2.45) is 5.10 Å². The number of alkyl halides is 1. The van der Waals surface area contributed by atoms with Crippen molar-refractivity contribution in [2.75, 3.05) is 7.05 Å². The van der Waals surface area contributed by atoms with Crippen LogP contribution in [0.3, 0.4) is 0 Å². The molecule has 90 valence electrons. The predicted molar refractivity (Wildman–Crippen MR) is 68.0 cm³/mol. The van der Waals surface area contributed by atoms with E-state index in [1.165, 1.54) is 23.2 Å². The molecule has 0 aromatic heterocycles. The van der Waals surface area contributed by atoms with Gasteiger partial charge in [-0.25, -0.2) is 9.40 Å². The Bertz CT molecular complexity index is 530. The number of nitrogens with zero attached hydrogens (tertiary/aromatic N) is 2. The van der Waals surface area contributed by atoms with E-state index in [1.807, 2.05) is 0 Å². The van der Waals surface area contributed by atoms with Crippen LogP contribution in [0.2, 0.25) is 5.02 Å². The van der Waals surface area contributed by atoms with Crippen molar-refractivity contribution in [1.82, 2.24) is 5.01 Å². The molecule has 1 aromatic rings. The molecule has 1 aliphatic rings. The molecule has 17 heavy (non-hydrogen) atoms. The van der Waals surface area contributed by atoms with Crippen LogP contribution >= 0.6 is 27.5 Å². The smallest absolute Gasteiger partial charge is 0.265 e. The Labute approximate surface area is 111 Å². The zero-order valence-electron chi connectivity index (χ0n) is 9.17. The van der Waals surface area contributed by atoms with Gasteiger partial charge in [0, 0.05) is 12.6 Å². The number of carbonyl (C=O) groups is 1. The summed E-state index contributed by atoms with van der Waals surface area (Å²) in [6.45, 7) is 1.69. The van der Waals surface area contributed by atoms with Crippen LogP contribution in [-0.4, -0.2) is 28.0 Å². The number of amides is 1. The van der Waals surface area contributed by atoms with Gasteiger partial charge in [-0.15, -0.1) is 0 Å². The highest BCUT2D eigenvalue weighted by molar-refractivity contribution is 9.10. The minimum Gasteiger partial charge on any atom is -0.271 e. The molecule has 3 nitrogen and oxygen atoms in total. The normalized spacial score (nSPS) is 24.2. The number of benzene rings is 1. The summed E-state index contributed by atoms with van der Waals surface area (Å²) in [4.78, 5) is 11.8. The lowest BCUT2D eigenvalue weighted by Crippen LogP contribution is -2.37. The molecule has 0 fully saturated rings. The number of hydrogen-bond donors (Lipinski definition) is 0. The Morgan fingerprint density at radius 1 is 1.53 bits per heavy atom. The fourth-order valence-corrected chi connectivity index (χ4v) is 2.49. The molecule has 0 N–H and O–H groups in total. The Balaban J connectivity index is 2.55. The van der Waals surface area contributed by atoms with E-state index in [9.17, 15) is 9.18 Å². The predicted octanol–water partition coefficient (Wildman–Crippen LogP) is 2.81. The minimum atomic E-state index is -0.927. The van der Waals surface area contributed by atoms with Crippen molar-refractivity contribution < 1.29 is 9.18 Å².